The fourth-order valence-corrected chi connectivity index (χ4v) is 8.63. The molecule has 0 bridgehead atoms. The molecule has 54 heavy (non-hydrogen) atoms. The maximum absolute atomic E-state index is 13.1. The van der Waals surface area contributed by atoms with Gasteiger partial charge in [-0.15, -0.1) is 0 Å². The van der Waals surface area contributed by atoms with Gasteiger partial charge in [0.05, 0.1) is 51.6 Å². The second-order valence-electron chi connectivity index (χ2n) is 13.8. The van der Waals surface area contributed by atoms with Gasteiger partial charge in [0.2, 0.25) is 0 Å². The van der Waals surface area contributed by atoms with E-state index in [1.165, 1.54) is 10.8 Å². The Hall–Kier alpha value is -4.18. The normalized spacial score (nSPS) is 18.9. The van der Waals surface area contributed by atoms with Crippen LogP contribution in [0.1, 0.15) is 81.0 Å². The number of aliphatic hydroxyl groups excluding tert-OH is 1. The number of methoxy groups -OCH3 is 1. The van der Waals surface area contributed by atoms with E-state index in [1.54, 1.807) is 14.0 Å². The zero-order valence-corrected chi connectivity index (χ0v) is 32.7. The van der Waals surface area contributed by atoms with E-state index >= 15 is 0 Å². The van der Waals surface area contributed by atoms with Crippen molar-refractivity contribution in [3.8, 4) is 11.8 Å². The quantitative estimate of drug-likeness (QED) is 0.0639. The first kappa shape index (κ1) is 41.0. The smallest absolute Gasteiger partial charge is 0.330 e. The number of hydrogen-bond donors (Lipinski definition) is 2. The number of ether oxygens (including phenoxy) is 3. The van der Waals surface area contributed by atoms with Crippen LogP contribution in [0.2, 0.25) is 0 Å². The largest absolute Gasteiger partial charge is 0.497 e. The predicted molar refractivity (Wildman–Crippen MR) is 207 cm³/mol. The minimum Gasteiger partial charge on any atom is -0.497 e. The van der Waals surface area contributed by atoms with Crippen molar-refractivity contribution < 1.29 is 28.4 Å². The van der Waals surface area contributed by atoms with Crippen LogP contribution in [0.5, 0.6) is 5.75 Å². The zero-order chi connectivity index (χ0) is 38.8. The fourth-order valence-electron chi connectivity index (χ4n) is 6.87. The van der Waals surface area contributed by atoms with Crippen LogP contribution in [0.4, 0.5) is 0 Å². The molecule has 3 aromatic carbocycles. The molecule has 1 aliphatic heterocycles. The molecule has 0 aliphatic carbocycles. The van der Waals surface area contributed by atoms with Crippen molar-refractivity contribution in [2.75, 3.05) is 20.3 Å². The minimum atomic E-state index is -1.63. The number of hydrogen-bond acceptors (Lipinski definition) is 10. The third kappa shape index (κ3) is 9.36. The lowest BCUT2D eigenvalue weighted by Crippen LogP contribution is -2.37. The molecule has 288 valence electrons. The van der Waals surface area contributed by atoms with Crippen LogP contribution in [0.3, 0.4) is 0 Å². The first-order valence-electron chi connectivity index (χ1n) is 18.3. The van der Waals surface area contributed by atoms with Gasteiger partial charge in [-0.1, -0.05) is 66.7 Å². The van der Waals surface area contributed by atoms with E-state index in [-0.39, 0.29) is 38.3 Å². The standard InChI is InChI=1S/C41H51N4O8P/c1-28(2)45(29(3)4)54(51-23-10-22-42)53-37-25-38(44-26-30(5)39(47)43-40(44)48)52-36(37)21-24-50-41(32-11-8-7-9-12-32,33-15-13-31(27-46)14-16-33)34-17-19-35(49-6)20-18-34/h7-9,11-20,26,28-29,36-38,46H,10,21,23-25,27H2,1-6H3,(H,43,47,48)/t36-,37-,38-,41?,54?/m1/s1. The van der Waals surface area contributed by atoms with Crippen LogP contribution in [0.15, 0.2) is 94.6 Å². The summed E-state index contributed by atoms with van der Waals surface area (Å²) >= 11 is 0. The van der Waals surface area contributed by atoms with Gasteiger partial charge in [0.1, 0.15) is 17.6 Å². The summed E-state index contributed by atoms with van der Waals surface area (Å²) in [5.74, 6) is 0.708. The Bertz CT molecular complexity index is 1890. The molecule has 4 aromatic rings. The van der Waals surface area contributed by atoms with Gasteiger partial charge in [-0.2, -0.15) is 5.26 Å². The molecular weight excluding hydrogens is 707 g/mol. The van der Waals surface area contributed by atoms with Crippen LogP contribution in [0, 0.1) is 18.3 Å². The van der Waals surface area contributed by atoms with E-state index in [4.69, 9.17) is 23.3 Å². The molecule has 12 nitrogen and oxygen atoms in total. The van der Waals surface area contributed by atoms with Gasteiger partial charge in [0, 0.05) is 30.3 Å². The highest BCUT2D eigenvalue weighted by molar-refractivity contribution is 7.44. The van der Waals surface area contributed by atoms with E-state index in [1.807, 2.05) is 78.9 Å². The molecule has 0 radical (unpaired) electrons. The number of aliphatic hydroxyl groups is 1. The molecule has 1 aromatic heterocycles. The lowest BCUT2D eigenvalue weighted by molar-refractivity contribution is -0.0532. The zero-order valence-electron chi connectivity index (χ0n) is 31.8. The summed E-state index contributed by atoms with van der Waals surface area (Å²) in [7, 11) is -0.00469. The molecule has 0 spiro atoms. The van der Waals surface area contributed by atoms with Crippen LogP contribution < -0.4 is 16.0 Å². The highest BCUT2D eigenvalue weighted by Gasteiger charge is 2.43. The maximum Gasteiger partial charge on any atom is 0.330 e. The number of rotatable bonds is 18. The molecule has 0 amide bonds. The molecule has 5 atom stereocenters. The molecule has 1 fully saturated rings. The van der Waals surface area contributed by atoms with Crippen molar-refractivity contribution in [1.82, 2.24) is 14.2 Å². The molecule has 0 saturated carbocycles. The predicted octanol–water partition coefficient (Wildman–Crippen LogP) is 6.69. The topological polar surface area (TPSA) is 148 Å². The molecule has 1 saturated heterocycles. The van der Waals surface area contributed by atoms with Gasteiger partial charge in [-0.05, 0) is 75.4 Å². The molecule has 2 heterocycles. The highest BCUT2D eigenvalue weighted by atomic mass is 31.2. The number of aromatic nitrogens is 2. The van der Waals surface area contributed by atoms with E-state index in [0.717, 1.165) is 22.3 Å². The average Bonchev–Trinajstić information content (AvgIpc) is 3.56. The third-order valence-corrected chi connectivity index (χ3v) is 11.6. The van der Waals surface area contributed by atoms with Crippen LogP contribution in [-0.4, -0.2) is 63.9 Å². The van der Waals surface area contributed by atoms with Crippen molar-refractivity contribution in [3.63, 3.8) is 0 Å². The molecular formula is C41H51N4O8P. The number of benzene rings is 3. The van der Waals surface area contributed by atoms with Gasteiger partial charge in [0.15, 0.2) is 0 Å². The van der Waals surface area contributed by atoms with E-state index in [2.05, 4.69) is 43.4 Å². The summed E-state index contributed by atoms with van der Waals surface area (Å²) in [5, 5.41) is 19.1. The number of aromatic amines is 1. The van der Waals surface area contributed by atoms with Gasteiger partial charge >= 0.3 is 5.69 Å². The second-order valence-corrected chi connectivity index (χ2v) is 15.2. The summed E-state index contributed by atoms with van der Waals surface area (Å²) in [6.07, 6.45) is 0.627. The Morgan fingerprint density at radius 2 is 1.61 bits per heavy atom. The average molecular weight is 759 g/mol. The first-order valence-corrected chi connectivity index (χ1v) is 19.4. The Kier molecular flexibility index (Phi) is 14.4. The van der Waals surface area contributed by atoms with Gasteiger partial charge in [-0.25, -0.2) is 9.46 Å². The summed E-state index contributed by atoms with van der Waals surface area (Å²) < 4.78 is 35.9. The molecule has 5 rings (SSSR count). The summed E-state index contributed by atoms with van der Waals surface area (Å²) in [4.78, 5) is 27.7. The second kappa shape index (κ2) is 18.9. The van der Waals surface area contributed by atoms with E-state index in [0.29, 0.717) is 24.2 Å². The van der Waals surface area contributed by atoms with Crippen LogP contribution >= 0.6 is 8.53 Å². The molecule has 2 N–H and O–H groups in total. The van der Waals surface area contributed by atoms with E-state index in [9.17, 15) is 20.0 Å². The van der Waals surface area contributed by atoms with Gasteiger partial charge < -0.3 is 28.4 Å². The van der Waals surface area contributed by atoms with E-state index < -0.39 is 43.8 Å². The molecule has 1 aliphatic rings. The van der Waals surface area contributed by atoms with Crippen molar-refractivity contribution in [2.45, 2.75) is 96.6 Å². The SMILES string of the molecule is COc1ccc(C(OCC[C@H]2O[C@@H](n3cc(C)c(=O)[nH]c3=O)C[C@H]2OP(OCCC#N)N(C(C)C)C(C)C)(c2ccccc2)c2ccc(CO)cc2)cc1. The molecule has 13 heteroatoms. The summed E-state index contributed by atoms with van der Waals surface area (Å²) in [6, 6.07) is 27.8. The van der Waals surface area contributed by atoms with Crippen LogP contribution in [0.25, 0.3) is 0 Å². The maximum atomic E-state index is 13.1. The third-order valence-electron chi connectivity index (χ3n) is 9.47. The fraction of sp³-hybridized carbons (Fsp3) is 0.439. The minimum absolute atomic E-state index is 0.0794. The lowest BCUT2D eigenvalue weighted by Gasteiger charge is -2.38. The summed E-state index contributed by atoms with van der Waals surface area (Å²) in [6.45, 7) is 10.3. The van der Waals surface area contributed by atoms with Crippen LogP contribution in [-0.2, 0) is 30.7 Å². The summed E-state index contributed by atoms with van der Waals surface area (Å²) in [5.41, 5.74) is 1.71. The lowest BCUT2D eigenvalue weighted by atomic mass is 9.79. The Morgan fingerprint density at radius 1 is 0.981 bits per heavy atom. The van der Waals surface area contributed by atoms with Crippen molar-refractivity contribution >= 4 is 8.53 Å². The monoisotopic (exact) mass is 758 g/mol. The Labute approximate surface area is 318 Å². The number of H-pyrrole nitrogens is 1. The van der Waals surface area contributed by atoms with Crippen molar-refractivity contribution in [1.29, 1.82) is 5.26 Å². The highest BCUT2D eigenvalue weighted by Crippen LogP contribution is 2.50. The molecule has 2 unspecified atom stereocenters. The van der Waals surface area contributed by atoms with Crippen molar-refractivity contribution in [3.05, 3.63) is 134 Å². The van der Waals surface area contributed by atoms with Gasteiger partial charge in [0.25, 0.3) is 14.1 Å². The van der Waals surface area contributed by atoms with Gasteiger partial charge in [-0.3, -0.25) is 14.3 Å². The number of nitriles is 1. The number of nitrogens with zero attached hydrogens (tertiary/aromatic N) is 3. The Morgan fingerprint density at radius 3 is 2.20 bits per heavy atom. The number of aryl methyl sites for hydroxylation is 1. The first-order chi connectivity index (χ1) is 26.0. The Balaban J connectivity index is 1.53. The number of nitrogens with one attached hydrogen (secondary N) is 1. The van der Waals surface area contributed by atoms with Crippen molar-refractivity contribution in [2.24, 2.45) is 0 Å².